The second kappa shape index (κ2) is 9.94. The minimum absolute atomic E-state index is 0.0973. The van der Waals surface area contributed by atoms with E-state index in [2.05, 4.69) is 10.3 Å². The molecule has 0 spiro atoms. The maximum absolute atomic E-state index is 13.2. The quantitative estimate of drug-likeness (QED) is 0.458. The van der Waals surface area contributed by atoms with Gasteiger partial charge in [-0.05, 0) is 80.3 Å². The predicted octanol–water partition coefficient (Wildman–Crippen LogP) is 5.31. The zero-order valence-corrected chi connectivity index (χ0v) is 20.3. The summed E-state index contributed by atoms with van der Waals surface area (Å²) in [5.41, 5.74) is 2.11. The molecule has 3 aromatic rings. The summed E-state index contributed by atoms with van der Waals surface area (Å²) >= 11 is 6.01. The Labute approximate surface area is 210 Å². The van der Waals surface area contributed by atoms with Crippen LogP contribution in [0.5, 0.6) is 0 Å². The number of nitrogens with one attached hydrogen (secondary N) is 1. The van der Waals surface area contributed by atoms with Crippen LogP contribution in [-0.4, -0.2) is 38.1 Å². The van der Waals surface area contributed by atoms with E-state index in [4.69, 9.17) is 11.6 Å². The molecule has 0 radical (unpaired) electrons. The lowest BCUT2D eigenvalue weighted by atomic mass is 10.0. The molecule has 11 heteroatoms. The van der Waals surface area contributed by atoms with Gasteiger partial charge in [-0.2, -0.15) is 13.2 Å². The van der Waals surface area contributed by atoms with Crippen molar-refractivity contribution < 1.29 is 23.1 Å². The molecule has 4 rings (SSSR count). The average molecular weight is 521 g/mol. The number of nitrogens with zero attached hydrogens (tertiary/aromatic N) is 3. The smallest absolute Gasteiger partial charge is 0.416 e. The predicted molar refractivity (Wildman–Crippen MR) is 130 cm³/mol. The highest BCUT2D eigenvalue weighted by Crippen LogP contribution is 2.34. The van der Waals surface area contributed by atoms with E-state index in [0.29, 0.717) is 25.2 Å². The first-order valence-corrected chi connectivity index (χ1v) is 11.6. The maximum Gasteiger partial charge on any atom is 0.416 e. The molecular weight excluding hydrogens is 497 g/mol. The normalized spacial score (nSPS) is 16.3. The third-order valence-electron chi connectivity index (χ3n) is 6.36. The van der Waals surface area contributed by atoms with E-state index in [0.717, 1.165) is 41.3 Å². The molecule has 1 saturated heterocycles. The third kappa shape index (κ3) is 5.24. The summed E-state index contributed by atoms with van der Waals surface area (Å²) in [7, 11) is 0. The molecular formula is C25H24ClF3N4O3. The number of alkyl halides is 3. The molecule has 2 N–H and O–H groups in total. The molecule has 1 aliphatic rings. The molecule has 2 aromatic carbocycles. The van der Waals surface area contributed by atoms with Gasteiger partial charge in [0.25, 0.3) is 5.56 Å². The number of aliphatic carboxylic acids is 1. The Morgan fingerprint density at radius 2 is 1.92 bits per heavy atom. The van der Waals surface area contributed by atoms with Gasteiger partial charge in [-0.25, -0.2) is 4.98 Å². The molecule has 190 valence electrons. The molecule has 7 nitrogen and oxygen atoms in total. The fourth-order valence-corrected chi connectivity index (χ4v) is 4.71. The Hall–Kier alpha value is -3.37. The zero-order chi connectivity index (χ0) is 26.2. The number of hydrogen-bond donors (Lipinski definition) is 2. The Morgan fingerprint density at radius 1 is 1.22 bits per heavy atom. The van der Waals surface area contributed by atoms with Crippen LogP contribution in [0.3, 0.4) is 0 Å². The number of likely N-dealkylation sites (tertiary alicyclic amines) is 1. The average Bonchev–Trinajstić information content (AvgIpc) is 3.27. The summed E-state index contributed by atoms with van der Waals surface area (Å²) in [6, 6.07) is 5.98. The van der Waals surface area contributed by atoms with E-state index in [1.165, 1.54) is 17.0 Å². The molecule has 0 bridgehead atoms. The van der Waals surface area contributed by atoms with Crippen molar-refractivity contribution in [1.82, 2.24) is 14.5 Å². The van der Waals surface area contributed by atoms with Gasteiger partial charge < -0.3 is 10.4 Å². The summed E-state index contributed by atoms with van der Waals surface area (Å²) in [6.07, 6.45) is -0.182. The molecule has 0 amide bonds. The highest BCUT2D eigenvalue weighted by atomic mass is 35.5. The number of benzene rings is 2. The van der Waals surface area contributed by atoms with Gasteiger partial charge >= 0.3 is 12.1 Å². The van der Waals surface area contributed by atoms with Crippen LogP contribution in [0.25, 0.3) is 5.69 Å². The molecule has 1 atom stereocenters. The first-order chi connectivity index (χ1) is 17.0. The van der Waals surface area contributed by atoms with Crippen LogP contribution in [-0.2, 0) is 17.5 Å². The monoisotopic (exact) mass is 520 g/mol. The largest absolute Gasteiger partial charge is 0.480 e. The number of carboxylic acids is 1. The van der Waals surface area contributed by atoms with E-state index in [-0.39, 0.29) is 16.5 Å². The first-order valence-electron chi connectivity index (χ1n) is 11.2. The fraction of sp³-hybridized carbons (Fsp3) is 0.320. The summed E-state index contributed by atoms with van der Waals surface area (Å²) in [5.74, 6) is -0.921. The number of aromatic nitrogens is 2. The number of halogens is 4. The molecule has 36 heavy (non-hydrogen) atoms. The summed E-state index contributed by atoms with van der Waals surface area (Å²) in [4.78, 5) is 30.7. The van der Waals surface area contributed by atoms with E-state index in [9.17, 15) is 27.9 Å². The molecule has 1 aliphatic heterocycles. The Bertz CT molecular complexity index is 1350. The Morgan fingerprint density at radius 3 is 2.53 bits per heavy atom. The number of hydrogen-bond acceptors (Lipinski definition) is 5. The number of carbonyl (C=O) groups is 1. The van der Waals surface area contributed by atoms with Crippen molar-refractivity contribution >= 4 is 29.1 Å². The van der Waals surface area contributed by atoms with Gasteiger partial charge in [-0.1, -0.05) is 11.6 Å². The lowest BCUT2D eigenvalue weighted by Gasteiger charge is -2.24. The minimum Gasteiger partial charge on any atom is -0.480 e. The van der Waals surface area contributed by atoms with Gasteiger partial charge in [-0.3, -0.25) is 19.1 Å². The van der Waals surface area contributed by atoms with Crippen LogP contribution >= 0.6 is 11.6 Å². The highest BCUT2D eigenvalue weighted by molar-refractivity contribution is 6.33. The van der Waals surface area contributed by atoms with Gasteiger partial charge in [0, 0.05) is 24.6 Å². The van der Waals surface area contributed by atoms with Gasteiger partial charge in [0.1, 0.15) is 6.04 Å². The summed E-state index contributed by atoms with van der Waals surface area (Å²) in [6.45, 7) is 5.03. The lowest BCUT2D eigenvalue weighted by Crippen LogP contribution is -2.35. The maximum atomic E-state index is 13.2. The standard InChI is InChI=1S/C25H24ClF3N4O3/c1-14-10-17(11-15(2)18(14)13-32-8-3-4-21(32)24(35)36)33-9-7-30-22(23(33)34)31-20-6-5-16(12-19(20)26)25(27,28)29/h5-7,9-12,21H,3-4,8,13H2,1-2H3,(H,30,31)(H,35,36). The fourth-order valence-electron chi connectivity index (χ4n) is 4.48. The number of rotatable bonds is 6. The number of aryl methyl sites for hydroxylation is 2. The van der Waals surface area contributed by atoms with Crippen molar-refractivity contribution in [3.63, 3.8) is 0 Å². The molecule has 1 aromatic heterocycles. The summed E-state index contributed by atoms with van der Waals surface area (Å²) < 4.78 is 40.1. The minimum atomic E-state index is -4.54. The van der Waals surface area contributed by atoms with Crippen molar-refractivity contribution in [1.29, 1.82) is 0 Å². The van der Waals surface area contributed by atoms with Crippen molar-refractivity contribution in [2.24, 2.45) is 0 Å². The van der Waals surface area contributed by atoms with Crippen molar-refractivity contribution in [3.8, 4) is 5.69 Å². The number of carboxylic acid groups (broad SMARTS) is 1. The third-order valence-corrected chi connectivity index (χ3v) is 6.67. The zero-order valence-electron chi connectivity index (χ0n) is 19.6. The Kier molecular flexibility index (Phi) is 7.10. The van der Waals surface area contributed by atoms with Crippen LogP contribution in [0.1, 0.15) is 35.1 Å². The second-order valence-electron chi connectivity index (χ2n) is 8.79. The highest BCUT2D eigenvalue weighted by Gasteiger charge is 2.32. The van der Waals surface area contributed by atoms with Crippen LogP contribution in [0.4, 0.5) is 24.7 Å². The molecule has 1 fully saturated rings. The molecule has 2 heterocycles. The van der Waals surface area contributed by atoms with Gasteiger partial charge in [0.15, 0.2) is 5.82 Å². The molecule has 0 saturated carbocycles. The van der Waals surface area contributed by atoms with Gasteiger partial charge in [0.05, 0.1) is 16.3 Å². The topological polar surface area (TPSA) is 87.5 Å². The van der Waals surface area contributed by atoms with Crippen molar-refractivity contribution in [2.45, 2.75) is 45.5 Å². The van der Waals surface area contributed by atoms with Crippen LogP contribution < -0.4 is 10.9 Å². The van der Waals surface area contributed by atoms with Gasteiger partial charge in [0.2, 0.25) is 0 Å². The Balaban J connectivity index is 1.62. The molecule has 1 unspecified atom stereocenters. The first kappa shape index (κ1) is 25.7. The van der Waals surface area contributed by atoms with Crippen molar-refractivity contribution in [3.05, 3.63) is 80.4 Å². The molecule has 0 aliphatic carbocycles. The van der Waals surface area contributed by atoms with E-state index in [1.807, 2.05) is 30.9 Å². The second-order valence-corrected chi connectivity index (χ2v) is 9.20. The van der Waals surface area contributed by atoms with Crippen LogP contribution in [0.2, 0.25) is 5.02 Å². The van der Waals surface area contributed by atoms with Gasteiger partial charge in [-0.15, -0.1) is 0 Å². The SMILES string of the molecule is Cc1cc(-n2ccnc(Nc3ccc(C(F)(F)F)cc3Cl)c2=O)cc(C)c1CN1CCCC1C(=O)O. The van der Waals surface area contributed by atoms with Crippen molar-refractivity contribution in [2.75, 3.05) is 11.9 Å². The van der Waals surface area contributed by atoms with E-state index < -0.39 is 29.3 Å². The van der Waals surface area contributed by atoms with E-state index >= 15 is 0 Å². The van der Waals surface area contributed by atoms with Crippen LogP contribution in [0, 0.1) is 13.8 Å². The lowest BCUT2D eigenvalue weighted by molar-refractivity contribution is -0.142. The summed E-state index contributed by atoms with van der Waals surface area (Å²) in [5, 5.41) is 12.0. The number of anilines is 2. The van der Waals surface area contributed by atoms with Crippen LogP contribution in [0.15, 0.2) is 47.5 Å². The van der Waals surface area contributed by atoms with E-state index in [1.54, 1.807) is 0 Å².